The summed E-state index contributed by atoms with van der Waals surface area (Å²) in [7, 11) is 1.34. The summed E-state index contributed by atoms with van der Waals surface area (Å²) in [5.41, 5.74) is 1.13. The van der Waals surface area contributed by atoms with Gasteiger partial charge in [-0.05, 0) is 69.4 Å². The van der Waals surface area contributed by atoms with Crippen molar-refractivity contribution in [2.75, 3.05) is 13.7 Å². The van der Waals surface area contributed by atoms with Crippen LogP contribution >= 0.6 is 31.9 Å². The standard InChI is InChI=1S/C14H19Br2NO3/c1-4-5-17-8-10-6-11(15)13(12(16)7-10)20-9(2)14(18)19-3/h6-7,9,17H,4-5,8H2,1-3H3. The van der Waals surface area contributed by atoms with Gasteiger partial charge in [-0.15, -0.1) is 0 Å². The molecular weight excluding hydrogens is 390 g/mol. The molecule has 0 fully saturated rings. The van der Waals surface area contributed by atoms with Gasteiger partial charge in [-0.1, -0.05) is 6.92 Å². The third-order valence-corrected chi connectivity index (χ3v) is 3.82. The topological polar surface area (TPSA) is 47.6 Å². The molecule has 0 bridgehead atoms. The molecule has 1 aromatic carbocycles. The van der Waals surface area contributed by atoms with E-state index in [-0.39, 0.29) is 0 Å². The van der Waals surface area contributed by atoms with Crippen molar-refractivity contribution in [2.45, 2.75) is 32.9 Å². The zero-order valence-electron chi connectivity index (χ0n) is 11.8. The Labute approximate surface area is 136 Å². The first-order valence-electron chi connectivity index (χ1n) is 6.42. The van der Waals surface area contributed by atoms with E-state index in [1.807, 2.05) is 12.1 Å². The van der Waals surface area contributed by atoms with Gasteiger partial charge in [-0.3, -0.25) is 0 Å². The minimum Gasteiger partial charge on any atom is -0.477 e. The van der Waals surface area contributed by atoms with E-state index in [2.05, 4.69) is 48.8 Å². The summed E-state index contributed by atoms with van der Waals surface area (Å²) < 4.78 is 11.9. The van der Waals surface area contributed by atoms with Crippen molar-refractivity contribution in [1.82, 2.24) is 5.32 Å². The Kier molecular flexibility index (Phi) is 7.55. The molecule has 0 saturated heterocycles. The first kappa shape index (κ1) is 17.5. The molecule has 0 aliphatic carbocycles. The van der Waals surface area contributed by atoms with E-state index in [1.165, 1.54) is 7.11 Å². The third-order valence-electron chi connectivity index (χ3n) is 2.64. The lowest BCUT2D eigenvalue weighted by Gasteiger charge is -2.16. The Morgan fingerprint density at radius 3 is 2.45 bits per heavy atom. The Morgan fingerprint density at radius 1 is 1.35 bits per heavy atom. The van der Waals surface area contributed by atoms with Gasteiger partial charge in [0.15, 0.2) is 6.10 Å². The number of esters is 1. The van der Waals surface area contributed by atoms with Crippen molar-refractivity contribution in [3.05, 3.63) is 26.6 Å². The molecule has 1 unspecified atom stereocenters. The van der Waals surface area contributed by atoms with Crippen LogP contribution in [0, 0.1) is 0 Å². The predicted octanol–water partition coefficient (Wildman–Crippen LogP) is 3.65. The summed E-state index contributed by atoms with van der Waals surface area (Å²) in [4.78, 5) is 11.4. The van der Waals surface area contributed by atoms with Crippen LogP contribution in [0.4, 0.5) is 0 Å². The van der Waals surface area contributed by atoms with E-state index in [4.69, 9.17) is 4.74 Å². The van der Waals surface area contributed by atoms with Crippen LogP contribution in [0.5, 0.6) is 5.75 Å². The van der Waals surface area contributed by atoms with Crippen LogP contribution in [0.15, 0.2) is 21.1 Å². The van der Waals surface area contributed by atoms with Crippen LogP contribution in [-0.4, -0.2) is 25.7 Å². The highest BCUT2D eigenvalue weighted by Gasteiger charge is 2.18. The van der Waals surface area contributed by atoms with Crippen molar-refractivity contribution in [3.63, 3.8) is 0 Å². The molecule has 0 radical (unpaired) electrons. The number of hydrogen-bond acceptors (Lipinski definition) is 4. The number of ether oxygens (including phenoxy) is 2. The number of benzene rings is 1. The zero-order chi connectivity index (χ0) is 15.1. The van der Waals surface area contributed by atoms with E-state index in [0.29, 0.717) is 5.75 Å². The maximum absolute atomic E-state index is 11.4. The summed E-state index contributed by atoms with van der Waals surface area (Å²) in [6, 6.07) is 3.96. The van der Waals surface area contributed by atoms with Crippen LogP contribution in [0.25, 0.3) is 0 Å². The number of carbonyl (C=O) groups excluding carboxylic acids is 1. The summed E-state index contributed by atoms with van der Waals surface area (Å²) in [6.45, 7) is 5.55. The van der Waals surface area contributed by atoms with Crippen molar-refractivity contribution in [2.24, 2.45) is 0 Å². The van der Waals surface area contributed by atoms with Gasteiger partial charge in [0.25, 0.3) is 0 Å². The molecule has 112 valence electrons. The second-order valence-electron chi connectivity index (χ2n) is 4.35. The molecule has 20 heavy (non-hydrogen) atoms. The van der Waals surface area contributed by atoms with Crippen molar-refractivity contribution < 1.29 is 14.3 Å². The van der Waals surface area contributed by atoms with Crippen LogP contribution in [0.3, 0.4) is 0 Å². The maximum atomic E-state index is 11.4. The zero-order valence-corrected chi connectivity index (χ0v) is 15.0. The lowest BCUT2D eigenvalue weighted by molar-refractivity contribution is -0.147. The second-order valence-corrected chi connectivity index (χ2v) is 6.06. The Hall–Kier alpha value is -0.590. The van der Waals surface area contributed by atoms with E-state index < -0.39 is 12.1 Å². The van der Waals surface area contributed by atoms with Gasteiger partial charge < -0.3 is 14.8 Å². The summed E-state index contributed by atoms with van der Waals surface area (Å²) >= 11 is 6.94. The Morgan fingerprint density at radius 2 is 1.95 bits per heavy atom. The van der Waals surface area contributed by atoms with E-state index in [0.717, 1.165) is 34.0 Å². The minimum absolute atomic E-state index is 0.405. The van der Waals surface area contributed by atoms with Gasteiger partial charge >= 0.3 is 5.97 Å². The number of carbonyl (C=O) groups is 1. The van der Waals surface area contributed by atoms with Gasteiger partial charge in [0, 0.05) is 6.54 Å². The SMILES string of the molecule is CCCNCc1cc(Br)c(OC(C)C(=O)OC)c(Br)c1. The number of hydrogen-bond donors (Lipinski definition) is 1. The summed E-state index contributed by atoms with van der Waals surface area (Å²) in [6.07, 6.45) is 0.442. The van der Waals surface area contributed by atoms with Gasteiger partial charge in [-0.2, -0.15) is 0 Å². The molecule has 6 heteroatoms. The molecule has 1 N–H and O–H groups in total. The van der Waals surface area contributed by atoms with E-state index in [1.54, 1.807) is 6.92 Å². The summed E-state index contributed by atoms with van der Waals surface area (Å²) in [5.74, 6) is 0.194. The molecule has 0 aliphatic heterocycles. The number of rotatable bonds is 7. The minimum atomic E-state index is -0.656. The quantitative estimate of drug-likeness (QED) is 0.552. The summed E-state index contributed by atoms with van der Waals surface area (Å²) in [5, 5.41) is 3.34. The number of nitrogens with one attached hydrogen (secondary N) is 1. The molecule has 0 amide bonds. The highest BCUT2D eigenvalue weighted by molar-refractivity contribution is 9.11. The number of methoxy groups -OCH3 is 1. The second kappa shape index (κ2) is 8.64. The average Bonchev–Trinajstić information content (AvgIpc) is 2.42. The van der Waals surface area contributed by atoms with Gasteiger partial charge in [0.2, 0.25) is 0 Å². The van der Waals surface area contributed by atoms with E-state index in [9.17, 15) is 4.79 Å². The van der Waals surface area contributed by atoms with Crippen LogP contribution in [-0.2, 0) is 16.1 Å². The monoisotopic (exact) mass is 407 g/mol. The molecule has 4 nitrogen and oxygen atoms in total. The molecule has 1 atom stereocenters. The van der Waals surface area contributed by atoms with Crippen molar-refractivity contribution in [3.8, 4) is 5.75 Å². The van der Waals surface area contributed by atoms with Crippen molar-refractivity contribution >= 4 is 37.8 Å². The highest BCUT2D eigenvalue weighted by Crippen LogP contribution is 2.35. The molecule has 0 aromatic heterocycles. The Bertz CT molecular complexity index is 443. The normalized spacial score (nSPS) is 12.1. The van der Waals surface area contributed by atoms with Crippen molar-refractivity contribution in [1.29, 1.82) is 0 Å². The number of halogens is 2. The lowest BCUT2D eigenvalue weighted by Crippen LogP contribution is -2.25. The fourth-order valence-corrected chi connectivity index (χ4v) is 3.10. The van der Waals surface area contributed by atoms with Crippen LogP contribution < -0.4 is 10.1 Å². The fourth-order valence-electron chi connectivity index (χ4n) is 1.63. The molecule has 0 saturated carbocycles. The average molecular weight is 409 g/mol. The predicted molar refractivity (Wildman–Crippen MR) is 85.9 cm³/mol. The van der Waals surface area contributed by atoms with Crippen LogP contribution in [0.2, 0.25) is 0 Å². The molecule has 0 aliphatic rings. The third kappa shape index (κ3) is 5.07. The molecule has 0 spiro atoms. The van der Waals surface area contributed by atoms with Gasteiger partial charge in [0.1, 0.15) is 5.75 Å². The fraction of sp³-hybridized carbons (Fsp3) is 0.500. The molecule has 0 heterocycles. The molecular formula is C14H19Br2NO3. The van der Waals surface area contributed by atoms with Gasteiger partial charge in [0.05, 0.1) is 16.1 Å². The first-order chi connectivity index (χ1) is 9.49. The molecule has 1 aromatic rings. The molecule has 1 rings (SSSR count). The first-order valence-corrected chi connectivity index (χ1v) is 8.01. The van der Waals surface area contributed by atoms with Crippen LogP contribution in [0.1, 0.15) is 25.8 Å². The highest BCUT2D eigenvalue weighted by atomic mass is 79.9. The maximum Gasteiger partial charge on any atom is 0.346 e. The Balaban J connectivity index is 2.81. The van der Waals surface area contributed by atoms with E-state index >= 15 is 0 Å². The smallest absolute Gasteiger partial charge is 0.346 e. The largest absolute Gasteiger partial charge is 0.477 e. The lowest BCUT2D eigenvalue weighted by atomic mass is 10.2. The van der Waals surface area contributed by atoms with Gasteiger partial charge in [-0.25, -0.2) is 4.79 Å².